The number of fused-ring (bicyclic) bond motifs is 4. The monoisotopic (exact) mass is 404 g/mol. The van der Waals surface area contributed by atoms with Crippen molar-refractivity contribution in [3.63, 3.8) is 0 Å². The number of thioether (sulfide) groups is 1. The van der Waals surface area contributed by atoms with E-state index < -0.39 is 0 Å². The van der Waals surface area contributed by atoms with Crippen LogP contribution < -0.4 is 0 Å². The Morgan fingerprint density at radius 1 is 1.31 bits per heavy atom. The molecule has 150 valence electrons. The number of unbranched alkanes of at least 4 members (excludes halogenated alkanes) is 1. The lowest BCUT2D eigenvalue weighted by atomic mass is 9.84. The summed E-state index contributed by atoms with van der Waals surface area (Å²) < 4.78 is 0. The van der Waals surface area contributed by atoms with Crippen molar-refractivity contribution in [2.45, 2.75) is 44.4 Å². The number of amidine groups is 2. The Morgan fingerprint density at radius 2 is 2.24 bits per heavy atom. The van der Waals surface area contributed by atoms with Crippen LogP contribution in [-0.4, -0.2) is 40.5 Å². The van der Waals surface area contributed by atoms with Crippen molar-refractivity contribution in [2.75, 3.05) is 19.6 Å². The number of H-pyrrole nitrogens is 1. The van der Waals surface area contributed by atoms with E-state index in [1.165, 1.54) is 39.3 Å². The zero-order valence-corrected chi connectivity index (χ0v) is 18.1. The zero-order chi connectivity index (χ0) is 19.8. The van der Waals surface area contributed by atoms with Crippen LogP contribution in [0.2, 0.25) is 0 Å². The molecule has 5 heteroatoms. The summed E-state index contributed by atoms with van der Waals surface area (Å²) in [6.07, 6.45) is 8.90. The fourth-order valence-corrected chi connectivity index (χ4v) is 5.51. The van der Waals surface area contributed by atoms with Crippen LogP contribution in [0.25, 0.3) is 11.6 Å². The molecule has 1 N–H and O–H groups in total. The first-order chi connectivity index (χ1) is 14.2. The zero-order valence-electron chi connectivity index (χ0n) is 17.2. The summed E-state index contributed by atoms with van der Waals surface area (Å²) in [5.41, 5.74) is 6.70. The minimum Gasteiger partial charge on any atom is -0.364 e. The standard InChI is InChI=1S/C24H28N4S/c1-3-4-9-27-24-28-12-5-10-26-23(28)19-7-6-17(15-22(19)29-24)20-14-18-8-11-25-21(18)13-16(20)2/h6-8,11,14-16,25H,3-5,9-10,12-13H2,1-2H3. The van der Waals surface area contributed by atoms with Crippen LogP contribution in [0.5, 0.6) is 0 Å². The minimum absolute atomic E-state index is 0.508. The maximum absolute atomic E-state index is 4.94. The fourth-order valence-electron chi connectivity index (χ4n) is 4.42. The van der Waals surface area contributed by atoms with Gasteiger partial charge < -0.3 is 9.88 Å². The molecule has 3 aliphatic rings. The molecule has 0 fully saturated rings. The summed E-state index contributed by atoms with van der Waals surface area (Å²) in [6, 6.07) is 9.11. The Kier molecular flexibility index (Phi) is 5.08. The molecule has 29 heavy (non-hydrogen) atoms. The normalized spacial score (nSPS) is 21.9. The van der Waals surface area contributed by atoms with Crippen LogP contribution in [-0.2, 0) is 6.42 Å². The average Bonchev–Trinajstić information content (AvgIpc) is 3.20. The third kappa shape index (κ3) is 3.46. The SMILES string of the molecule is CCCCN=C1Sc2cc(C3=Cc4cc[nH]c4CC3C)ccc2C2=NCCCN12. The molecule has 0 saturated carbocycles. The first-order valence-corrected chi connectivity index (χ1v) is 11.6. The third-order valence-corrected chi connectivity index (χ3v) is 7.11. The lowest BCUT2D eigenvalue weighted by Gasteiger charge is -2.35. The van der Waals surface area contributed by atoms with Gasteiger partial charge in [0.1, 0.15) is 5.84 Å². The lowest BCUT2D eigenvalue weighted by molar-refractivity contribution is 0.551. The average molecular weight is 405 g/mol. The number of hydrogen-bond donors (Lipinski definition) is 1. The van der Waals surface area contributed by atoms with Crippen molar-refractivity contribution in [1.82, 2.24) is 9.88 Å². The molecule has 5 rings (SSSR count). The van der Waals surface area contributed by atoms with Gasteiger partial charge in [-0.3, -0.25) is 9.98 Å². The van der Waals surface area contributed by atoms with Gasteiger partial charge >= 0.3 is 0 Å². The second-order valence-corrected chi connectivity index (χ2v) is 9.17. The van der Waals surface area contributed by atoms with Crippen molar-refractivity contribution in [3.8, 4) is 0 Å². The van der Waals surface area contributed by atoms with Crippen LogP contribution in [0.1, 0.15) is 55.5 Å². The summed E-state index contributed by atoms with van der Waals surface area (Å²) >= 11 is 1.82. The molecule has 3 heterocycles. The maximum Gasteiger partial charge on any atom is 0.169 e. The highest BCUT2D eigenvalue weighted by Gasteiger charge is 2.31. The molecule has 4 nitrogen and oxygen atoms in total. The molecule has 2 aromatic rings. The Balaban J connectivity index is 1.54. The molecule has 1 atom stereocenters. The third-order valence-electron chi connectivity index (χ3n) is 6.02. The molecule has 2 aliphatic heterocycles. The van der Waals surface area contributed by atoms with Crippen molar-refractivity contribution >= 4 is 34.4 Å². The summed E-state index contributed by atoms with van der Waals surface area (Å²) in [7, 11) is 0. The Bertz CT molecular complexity index is 1010. The molecular formula is C24H28N4S. The van der Waals surface area contributed by atoms with Crippen molar-refractivity contribution < 1.29 is 0 Å². The molecule has 0 bridgehead atoms. The van der Waals surface area contributed by atoms with E-state index in [0.717, 1.165) is 49.9 Å². The molecule has 1 aliphatic carbocycles. The number of aromatic nitrogens is 1. The fraction of sp³-hybridized carbons (Fsp3) is 0.417. The van der Waals surface area contributed by atoms with Crippen LogP contribution in [0.4, 0.5) is 0 Å². The number of aromatic amines is 1. The number of hydrogen-bond acceptors (Lipinski definition) is 3. The van der Waals surface area contributed by atoms with E-state index in [-0.39, 0.29) is 0 Å². The highest BCUT2D eigenvalue weighted by Crippen LogP contribution is 2.39. The second kappa shape index (κ2) is 7.86. The number of rotatable bonds is 4. The molecule has 0 spiro atoms. The quantitative estimate of drug-likeness (QED) is 0.688. The van der Waals surface area contributed by atoms with Crippen LogP contribution in [0.3, 0.4) is 0 Å². The van der Waals surface area contributed by atoms with Gasteiger partial charge in [-0.15, -0.1) is 0 Å². The molecule has 1 unspecified atom stereocenters. The van der Waals surface area contributed by atoms with E-state index in [0.29, 0.717) is 5.92 Å². The predicted molar refractivity (Wildman–Crippen MR) is 124 cm³/mol. The van der Waals surface area contributed by atoms with Gasteiger partial charge in [0, 0.05) is 42.0 Å². The molecule has 1 aromatic carbocycles. The first-order valence-electron chi connectivity index (χ1n) is 10.8. The number of allylic oxidation sites excluding steroid dienone is 1. The highest BCUT2D eigenvalue weighted by atomic mass is 32.2. The molecule has 1 aromatic heterocycles. The Morgan fingerprint density at radius 3 is 3.14 bits per heavy atom. The second-order valence-electron chi connectivity index (χ2n) is 8.16. The maximum atomic E-state index is 4.94. The van der Waals surface area contributed by atoms with E-state index in [1.807, 2.05) is 18.0 Å². The van der Waals surface area contributed by atoms with E-state index in [2.05, 4.69) is 54.1 Å². The lowest BCUT2D eigenvalue weighted by Crippen LogP contribution is -2.42. The van der Waals surface area contributed by atoms with E-state index >= 15 is 0 Å². The Hall–Kier alpha value is -2.27. The van der Waals surface area contributed by atoms with Crippen molar-refractivity contribution in [1.29, 1.82) is 0 Å². The van der Waals surface area contributed by atoms with Gasteiger partial charge in [0.15, 0.2) is 5.17 Å². The molecule has 0 amide bonds. The van der Waals surface area contributed by atoms with Gasteiger partial charge in [-0.2, -0.15) is 0 Å². The van der Waals surface area contributed by atoms with Gasteiger partial charge in [0.2, 0.25) is 0 Å². The topological polar surface area (TPSA) is 43.8 Å². The summed E-state index contributed by atoms with van der Waals surface area (Å²) in [6.45, 7) is 7.39. The van der Waals surface area contributed by atoms with Gasteiger partial charge in [0.05, 0.1) is 0 Å². The predicted octanol–water partition coefficient (Wildman–Crippen LogP) is 5.46. The number of aliphatic imine (C=N–C) groups is 2. The van der Waals surface area contributed by atoms with E-state index in [4.69, 9.17) is 9.98 Å². The van der Waals surface area contributed by atoms with Crippen molar-refractivity contribution in [2.24, 2.45) is 15.9 Å². The Labute approximate surface area is 177 Å². The first kappa shape index (κ1) is 18.7. The van der Waals surface area contributed by atoms with Crippen molar-refractivity contribution in [3.05, 3.63) is 52.8 Å². The van der Waals surface area contributed by atoms with E-state index in [9.17, 15) is 0 Å². The number of nitrogens with zero attached hydrogens (tertiary/aromatic N) is 3. The number of nitrogens with one attached hydrogen (secondary N) is 1. The van der Waals surface area contributed by atoms with Crippen LogP contribution in [0, 0.1) is 5.92 Å². The van der Waals surface area contributed by atoms with Crippen LogP contribution >= 0.6 is 11.8 Å². The number of benzene rings is 1. The summed E-state index contributed by atoms with van der Waals surface area (Å²) in [5, 5.41) is 1.13. The van der Waals surface area contributed by atoms with Gasteiger partial charge in [-0.05, 0) is 66.2 Å². The van der Waals surface area contributed by atoms with E-state index in [1.54, 1.807) is 0 Å². The largest absolute Gasteiger partial charge is 0.364 e. The summed E-state index contributed by atoms with van der Waals surface area (Å²) in [4.78, 5) is 16.8. The smallest absolute Gasteiger partial charge is 0.169 e. The minimum atomic E-state index is 0.508. The van der Waals surface area contributed by atoms with Gasteiger partial charge in [-0.1, -0.05) is 38.1 Å². The van der Waals surface area contributed by atoms with Crippen LogP contribution in [0.15, 0.2) is 45.3 Å². The highest BCUT2D eigenvalue weighted by molar-refractivity contribution is 8.14. The molecule has 0 radical (unpaired) electrons. The molecule has 0 saturated heterocycles. The van der Waals surface area contributed by atoms with Gasteiger partial charge in [0.25, 0.3) is 0 Å². The molecular weight excluding hydrogens is 376 g/mol. The summed E-state index contributed by atoms with van der Waals surface area (Å²) in [5.74, 6) is 1.62. The van der Waals surface area contributed by atoms with Gasteiger partial charge in [-0.25, -0.2) is 0 Å².